The van der Waals surface area contributed by atoms with Crippen LogP contribution in [0.3, 0.4) is 0 Å². The number of fused-ring (bicyclic) bond motifs is 2. The highest BCUT2D eigenvalue weighted by Gasteiger charge is 2.20. The summed E-state index contributed by atoms with van der Waals surface area (Å²) in [6.07, 6.45) is 3.16. The molecule has 1 N–H and O–H groups in total. The highest BCUT2D eigenvalue weighted by Crippen LogP contribution is 2.32. The molecule has 0 saturated carbocycles. The van der Waals surface area contributed by atoms with E-state index in [-0.39, 0.29) is 10.9 Å². The number of pyridine rings is 1. The van der Waals surface area contributed by atoms with Crippen molar-refractivity contribution in [3.8, 4) is 11.5 Å². The van der Waals surface area contributed by atoms with Crippen LogP contribution in [0.25, 0.3) is 11.0 Å². The Bertz CT molecular complexity index is 1080. The Morgan fingerprint density at radius 1 is 1.12 bits per heavy atom. The third-order valence-electron chi connectivity index (χ3n) is 4.00. The van der Waals surface area contributed by atoms with Gasteiger partial charge in [-0.15, -0.1) is 0 Å². The summed E-state index contributed by atoms with van der Waals surface area (Å²) in [7, 11) is -3.78. The van der Waals surface area contributed by atoms with E-state index >= 15 is 0 Å². The number of sulfonamides is 1. The molecule has 136 valence electrons. The zero-order chi connectivity index (χ0) is 18.3. The van der Waals surface area contributed by atoms with E-state index in [1.165, 1.54) is 18.3 Å². The van der Waals surface area contributed by atoms with Gasteiger partial charge in [0.1, 0.15) is 13.2 Å². The van der Waals surface area contributed by atoms with Crippen LogP contribution in [0.1, 0.15) is 19.9 Å². The molecule has 0 amide bonds. The highest BCUT2D eigenvalue weighted by molar-refractivity contribution is 7.92. The van der Waals surface area contributed by atoms with Crippen molar-refractivity contribution in [1.82, 2.24) is 14.8 Å². The van der Waals surface area contributed by atoms with Gasteiger partial charge in [0.2, 0.25) is 0 Å². The average Bonchev–Trinajstić information content (AvgIpc) is 3.04. The lowest BCUT2D eigenvalue weighted by Crippen LogP contribution is -2.17. The summed E-state index contributed by atoms with van der Waals surface area (Å²) in [5.74, 6) is 0.963. The number of rotatable bonds is 4. The number of benzene rings is 1. The van der Waals surface area contributed by atoms with Crippen molar-refractivity contribution in [2.24, 2.45) is 0 Å². The summed E-state index contributed by atoms with van der Waals surface area (Å²) >= 11 is 0. The summed E-state index contributed by atoms with van der Waals surface area (Å²) in [6, 6.07) is 6.42. The van der Waals surface area contributed by atoms with E-state index in [1.807, 2.05) is 13.8 Å². The zero-order valence-electron chi connectivity index (χ0n) is 14.3. The van der Waals surface area contributed by atoms with Crippen molar-refractivity contribution in [3.63, 3.8) is 0 Å². The molecule has 3 heterocycles. The van der Waals surface area contributed by atoms with Gasteiger partial charge in [-0.05, 0) is 32.0 Å². The van der Waals surface area contributed by atoms with E-state index in [9.17, 15) is 8.42 Å². The standard InChI is InChI=1S/C17H18N4O4S/c1-11(2)21-17-12(9-19-21)7-13(10-18-17)20-26(22,23)14-3-4-15-16(8-14)25-6-5-24-15/h3-4,7-11,20H,5-6H2,1-2H3. The van der Waals surface area contributed by atoms with Crippen LogP contribution in [0.2, 0.25) is 0 Å². The first kappa shape index (κ1) is 16.6. The van der Waals surface area contributed by atoms with Gasteiger partial charge in [-0.2, -0.15) is 5.10 Å². The van der Waals surface area contributed by atoms with E-state index in [0.29, 0.717) is 36.0 Å². The second kappa shape index (κ2) is 6.17. The minimum Gasteiger partial charge on any atom is -0.486 e. The third-order valence-corrected chi connectivity index (χ3v) is 5.38. The van der Waals surface area contributed by atoms with Crippen molar-refractivity contribution >= 4 is 26.7 Å². The Kier molecular flexibility index (Phi) is 3.95. The number of anilines is 1. The van der Waals surface area contributed by atoms with Crippen molar-refractivity contribution in [2.75, 3.05) is 17.9 Å². The molecule has 0 bridgehead atoms. The van der Waals surface area contributed by atoms with Crippen molar-refractivity contribution < 1.29 is 17.9 Å². The number of aromatic nitrogens is 3. The largest absolute Gasteiger partial charge is 0.486 e. The molecule has 3 aromatic rings. The average molecular weight is 374 g/mol. The van der Waals surface area contributed by atoms with Gasteiger partial charge in [0.05, 0.1) is 23.0 Å². The molecule has 0 saturated heterocycles. The number of hydrogen-bond acceptors (Lipinski definition) is 6. The third kappa shape index (κ3) is 2.94. The zero-order valence-corrected chi connectivity index (χ0v) is 15.2. The van der Waals surface area contributed by atoms with Gasteiger partial charge in [-0.1, -0.05) is 0 Å². The van der Waals surface area contributed by atoms with Crippen LogP contribution in [0.4, 0.5) is 5.69 Å². The number of hydrogen-bond donors (Lipinski definition) is 1. The fourth-order valence-corrected chi connectivity index (χ4v) is 3.83. The topological polar surface area (TPSA) is 95.3 Å². The molecule has 8 nitrogen and oxygen atoms in total. The summed E-state index contributed by atoms with van der Waals surface area (Å²) in [5, 5.41) is 5.05. The van der Waals surface area contributed by atoms with E-state index in [1.54, 1.807) is 23.0 Å². The van der Waals surface area contributed by atoms with E-state index in [4.69, 9.17) is 9.47 Å². The second-order valence-corrected chi connectivity index (χ2v) is 7.91. The summed E-state index contributed by atoms with van der Waals surface area (Å²) in [6.45, 7) is 4.86. The summed E-state index contributed by atoms with van der Waals surface area (Å²) < 4.78 is 40.6. The molecule has 0 unspecified atom stereocenters. The molecule has 9 heteroatoms. The van der Waals surface area contributed by atoms with E-state index in [0.717, 1.165) is 5.39 Å². The lowest BCUT2D eigenvalue weighted by molar-refractivity contribution is 0.171. The summed E-state index contributed by atoms with van der Waals surface area (Å²) in [4.78, 5) is 4.44. The molecule has 1 aromatic carbocycles. The van der Waals surface area contributed by atoms with Gasteiger partial charge < -0.3 is 9.47 Å². The van der Waals surface area contributed by atoms with Gasteiger partial charge in [0, 0.05) is 17.5 Å². The van der Waals surface area contributed by atoms with Crippen LogP contribution in [0.5, 0.6) is 11.5 Å². The lowest BCUT2D eigenvalue weighted by Gasteiger charge is -2.19. The molecule has 1 aliphatic heterocycles. The van der Waals surface area contributed by atoms with Crippen molar-refractivity contribution in [2.45, 2.75) is 24.8 Å². The van der Waals surface area contributed by atoms with Gasteiger partial charge in [0.15, 0.2) is 17.1 Å². The molecule has 2 aromatic heterocycles. The maximum atomic E-state index is 12.7. The van der Waals surface area contributed by atoms with Gasteiger partial charge >= 0.3 is 0 Å². The van der Waals surface area contributed by atoms with Gasteiger partial charge in [-0.3, -0.25) is 4.72 Å². The second-order valence-electron chi connectivity index (χ2n) is 6.23. The minimum atomic E-state index is -3.78. The first-order valence-corrected chi connectivity index (χ1v) is 9.68. The first-order chi connectivity index (χ1) is 12.4. The van der Waals surface area contributed by atoms with Crippen LogP contribution in [0.15, 0.2) is 41.6 Å². The Balaban J connectivity index is 1.64. The SMILES string of the molecule is CC(C)n1ncc2cc(NS(=O)(=O)c3ccc4c(c3)OCCO4)cnc21. The van der Waals surface area contributed by atoms with Crippen LogP contribution >= 0.6 is 0 Å². The van der Waals surface area contributed by atoms with Gasteiger partial charge in [-0.25, -0.2) is 18.1 Å². The molecular weight excluding hydrogens is 356 g/mol. The molecule has 1 aliphatic rings. The van der Waals surface area contributed by atoms with Crippen LogP contribution < -0.4 is 14.2 Å². The Labute approximate surface area is 150 Å². The maximum Gasteiger partial charge on any atom is 0.262 e. The number of nitrogens with one attached hydrogen (secondary N) is 1. The molecule has 0 radical (unpaired) electrons. The van der Waals surface area contributed by atoms with E-state index < -0.39 is 10.0 Å². The highest BCUT2D eigenvalue weighted by atomic mass is 32.2. The molecule has 0 aliphatic carbocycles. The number of ether oxygens (including phenoxy) is 2. The number of nitrogens with zero attached hydrogens (tertiary/aromatic N) is 3. The first-order valence-electron chi connectivity index (χ1n) is 8.20. The minimum absolute atomic E-state index is 0.0970. The van der Waals surface area contributed by atoms with Crippen LogP contribution in [-0.2, 0) is 10.0 Å². The molecular formula is C17H18N4O4S. The van der Waals surface area contributed by atoms with Crippen LogP contribution in [-0.4, -0.2) is 36.4 Å². The lowest BCUT2D eigenvalue weighted by atomic mass is 10.3. The quantitative estimate of drug-likeness (QED) is 0.754. The Morgan fingerprint density at radius 3 is 2.65 bits per heavy atom. The molecule has 0 spiro atoms. The van der Waals surface area contributed by atoms with Crippen LogP contribution in [0, 0.1) is 0 Å². The smallest absolute Gasteiger partial charge is 0.262 e. The Hall–Kier alpha value is -2.81. The van der Waals surface area contributed by atoms with Crippen molar-refractivity contribution in [3.05, 3.63) is 36.7 Å². The van der Waals surface area contributed by atoms with E-state index in [2.05, 4.69) is 14.8 Å². The van der Waals surface area contributed by atoms with Crippen molar-refractivity contribution in [1.29, 1.82) is 0 Å². The molecule has 4 rings (SSSR count). The maximum absolute atomic E-state index is 12.7. The Morgan fingerprint density at radius 2 is 1.88 bits per heavy atom. The predicted molar refractivity (Wildman–Crippen MR) is 96.2 cm³/mol. The summed E-state index contributed by atoms with van der Waals surface area (Å²) in [5.41, 5.74) is 1.08. The predicted octanol–water partition coefficient (Wildman–Crippen LogP) is 2.58. The molecule has 26 heavy (non-hydrogen) atoms. The fourth-order valence-electron chi connectivity index (χ4n) is 2.78. The van der Waals surface area contributed by atoms with Gasteiger partial charge in [0.25, 0.3) is 10.0 Å². The normalized spacial score (nSPS) is 14.0. The molecule has 0 atom stereocenters. The molecule has 0 fully saturated rings. The monoisotopic (exact) mass is 374 g/mol. The fraction of sp³-hybridized carbons (Fsp3) is 0.294.